The lowest BCUT2D eigenvalue weighted by Crippen LogP contribution is -2.44. The zero-order chi connectivity index (χ0) is 37.6. The monoisotopic (exact) mass is 720 g/mol. The fourth-order valence-corrected chi connectivity index (χ4v) is 6.37. The molecule has 1 fully saturated rings. The Morgan fingerprint density at radius 2 is 1.47 bits per heavy atom. The minimum atomic E-state index is -0.315. The number of carbonyl (C=O) groups excluding carboxylic acids is 3. The van der Waals surface area contributed by atoms with Crippen LogP contribution in [0.2, 0.25) is 0 Å². The van der Waals surface area contributed by atoms with Crippen molar-refractivity contribution in [1.82, 2.24) is 9.80 Å². The lowest BCUT2D eigenvalue weighted by atomic mass is 10.0. The molecule has 10 heteroatoms. The van der Waals surface area contributed by atoms with Crippen molar-refractivity contribution >= 4 is 29.1 Å². The number of amides is 3. The molecular formula is C43H52N4O6. The number of methoxy groups -OCH3 is 1. The zero-order valence-corrected chi connectivity index (χ0v) is 31.4. The molecule has 0 aromatic heterocycles. The van der Waals surface area contributed by atoms with Crippen LogP contribution >= 0.6 is 0 Å². The first-order valence-corrected chi connectivity index (χ1v) is 18.4. The van der Waals surface area contributed by atoms with Gasteiger partial charge in [-0.25, -0.2) is 0 Å². The molecule has 0 bridgehead atoms. The van der Waals surface area contributed by atoms with E-state index in [1.165, 1.54) is 0 Å². The average molecular weight is 721 g/mol. The summed E-state index contributed by atoms with van der Waals surface area (Å²) in [4.78, 5) is 43.7. The van der Waals surface area contributed by atoms with Gasteiger partial charge < -0.3 is 34.6 Å². The van der Waals surface area contributed by atoms with Crippen molar-refractivity contribution in [3.63, 3.8) is 0 Å². The second-order valence-corrected chi connectivity index (χ2v) is 13.7. The third kappa shape index (κ3) is 11.7. The Morgan fingerprint density at radius 3 is 2.21 bits per heavy atom. The van der Waals surface area contributed by atoms with Gasteiger partial charge in [-0.2, -0.15) is 0 Å². The van der Waals surface area contributed by atoms with Crippen molar-refractivity contribution in [3.8, 4) is 11.5 Å². The lowest BCUT2D eigenvalue weighted by molar-refractivity contribution is -0.132. The van der Waals surface area contributed by atoms with Gasteiger partial charge in [-0.05, 0) is 113 Å². The molecule has 4 aromatic rings. The number of hydrogen-bond acceptors (Lipinski definition) is 7. The molecule has 0 saturated carbocycles. The molecule has 53 heavy (non-hydrogen) atoms. The number of likely N-dealkylation sites (tertiary alicyclic amines) is 1. The minimum Gasteiger partial charge on any atom is -0.491 e. The molecule has 1 aliphatic rings. The molecule has 0 spiro atoms. The SMILES string of the molecule is COCc1cc(C(=O)Nc2ccc(C)cc2OCCCCCC(=O)N2CCC(N(C)C)CC2)ccc1NC(=O)c1cccc(OCc2ccccc2)c1. The van der Waals surface area contributed by atoms with Crippen LogP contribution in [0.4, 0.5) is 11.4 Å². The third-order valence-corrected chi connectivity index (χ3v) is 9.49. The van der Waals surface area contributed by atoms with Gasteiger partial charge in [0.15, 0.2) is 0 Å². The smallest absolute Gasteiger partial charge is 0.255 e. The van der Waals surface area contributed by atoms with Crippen LogP contribution in [0.3, 0.4) is 0 Å². The molecular weight excluding hydrogens is 668 g/mol. The van der Waals surface area contributed by atoms with Crippen LogP contribution in [0, 0.1) is 6.92 Å². The number of piperidine rings is 1. The summed E-state index contributed by atoms with van der Waals surface area (Å²) in [6.07, 6.45) is 5.12. The summed E-state index contributed by atoms with van der Waals surface area (Å²) in [5, 5.41) is 5.95. The highest BCUT2D eigenvalue weighted by Crippen LogP contribution is 2.28. The van der Waals surface area contributed by atoms with Crippen LogP contribution in [-0.2, 0) is 22.7 Å². The van der Waals surface area contributed by atoms with Crippen LogP contribution < -0.4 is 20.1 Å². The number of rotatable bonds is 17. The van der Waals surface area contributed by atoms with Crippen molar-refractivity contribution in [2.75, 3.05) is 51.5 Å². The first-order chi connectivity index (χ1) is 25.7. The minimum absolute atomic E-state index is 0.191. The van der Waals surface area contributed by atoms with Crippen LogP contribution in [-0.4, -0.2) is 74.5 Å². The first kappa shape index (κ1) is 39.0. The van der Waals surface area contributed by atoms with E-state index in [9.17, 15) is 14.4 Å². The highest BCUT2D eigenvalue weighted by Gasteiger charge is 2.23. The second kappa shape index (κ2) is 19.6. The summed E-state index contributed by atoms with van der Waals surface area (Å²) >= 11 is 0. The summed E-state index contributed by atoms with van der Waals surface area (Å²) in [7, 11) is 5.77. The number of anilines is 2. The summed E-state index contributed by atoms with van der Waals surface area (Å²) in [6, 6.07) is 28.2. The molecule has 280 valence electrons. The molecule has 10 nitrogen and oxygen atoms in total. The van der Waals surface area contributed by atoms with Gasteiger partial charge in [-0.15, -0.1) is 0 Å². The Kier molecular flexibility index (Phi) is 14.4. The molecule has 0 radical (unpaired) electrons. The number of aryl methyl sites for hydroxylation is 1. The fraction of sp³-hybridized carbons (Fsp3) is 0.372. The standard InChI is InChI=1S/C43H52N4O6/c1-31-17-19-39(40(26-31)52-25-10-6-9-16-41(48)47-23-21-36(22-24-47)46(2)3)45-43(50)34-18-20-38(35(27-34)30-51-4)44-42(49)33-14-11-15-37(28-33)53-29-32-12-7-5-8-13-32/h5,7-8,11-15,17-20,26-28,36H,6,9-10,16,21-25,29-30H2,1-4H3,(H,44,49)(H,45,50). The van der Waals surface area contributed by atoms with E-state index in [-0.39, 0.29) is 24.3 Å². The van der Waals surface area contributed by atoms with E-state index in [2.05, 4.69) is 29.6 Å². The van der Waals surface area contributed by atoms with Gasteiger partial charge in [-0.1, -0.05) is 42.5 Å². The predicted molar refractivity (Wildman–Crippen MR) is 209 cm³/mol. The van der Waals surface area contributed by atoms with Crippen molar-refractivity contribution < 1.29 is 28.6 Å². The summed E-state index contributed by atoms with van der Waals surface area (Å²) in [6.45, 7) is 4.71. The predicted octanol–water partition coefficient (Wildman–Crippen LogP) is 7.72. The van der Waals surface area contributed by atoms with Gasteiger partial charge in [0.1, 0.15) is 18.1 Å². The Hall–Kier alpha value is -5.19. The number of benzene rings is 4. The zero-order valence-electron chi connectivity index (χ0n) is 31.4. The molecule has 0 aliphatic carbocycles. The Bertz CT molecular complexity index is 1820. The average Bonchev–Trinajstić information content (AvgIpc) is 3.17. The quantitative estimate of drug-likeness (QED) is 0.108. The van der Waals surface area contributed by atoms with E-state index >= 15 is 0 Å². The number of carbonyl (C=O) groups is 3. The largest absolute Gasteiger partial charge is 0.491 e. The van der Waals surface area contributed by atoms with Gasteiger partial charge in [0.05, 0.1) is 18.9 Å². The van der Waals surface area contributed by atoms with Crippen LogP contribution in [0.25, 0.3) is 0 Å². The van der Waals surface area contributed by atoms with Gasteiger partial charge >= 0.3 is 0 Å². The van der Waals surface area contributed by atoms with Crippen LogP contribution in [0.1, 0.15) is 75.9 Å². The van der Waals surface area contributed by atoms with Crippen molar-refractivity contribution in [3.05, 3.63) is 119 Å². The molecule has 1 aliphatic heterocycles. The number of hydrogen-bond donors (Lipinski definition) is 2. The summed E-state index contributed by atoms with van der Waals surface area (Å²) in [5.74, 6) is 0.798. The lowest BCUT2D eigenvalue weighted by Gasteiger charge is -2.35. The Morgan fingerprint density at radius 1 is 0.755 bits per heavy atom. The Labute approximate surface area is 313 Å². The van der Waals surface area contributed by atoms with Crippen molar-refractivity contribution in [2.24, 2.45) is 0 Å². The van der Waals surface area contributed by atoms with E-state index in [1.807, 2.05) is 66.4 Å². The molecule has 1 saturated heterocycles. The molecule has 0 unspecified atom stereocenters. The first-order valence-electron chi connectivity index (χ1n) is 18.4. The molecule has 4 aromatic carbocycles. The second-order valence-electron chi connectivity index (χ2n) is 13.7. The van der Waals surface area contributed by atoms with E-state index < -0.39 is 0 Å². The maximum Gasteiger partial charge on any atom is 0.255 e. The van der Waals surface area contributed by atoms with Gasteiger partial charge in [0.2, 0.25) is 5.91 Å². The van der Waals surface area contributed by atoms with Crippen LogP contribution in [0.5, 0.6) is 11.5 Å². The van der Waals surface area contributed by atoms with Crippen LogP contribution in [0.15, 0.2) is 91.0 Å². The molecule has 1 heterocycles. The number of nitrogens with zero attached hydrogens (tertiary/aromatic N) is 2. The van der Waals surface area contributed by atoms with Crippen molar-refractivity contribution in [1.29, 1.82) is 0 Å². The van der Waals surface area contributed by atoms with E-state index in [0.29, 0.717) is 65.2 Å². The maximum absolute atomic E-state index is 13.5. The normalized spacial score (nSPS) is 13.1. The van der Waals surface area contributed by atoms with E-state index in [0.717, 1.165) is 56.3 Å². The number of unbranched alkanes of at least 4 members (excludes halogenated alkanes) is 2. The van der Waals surface area contributed by atoms with E-state index in [4.69, 9.17) is 14.2 Å². The molecule has 5 rings (SSSR count). The third-order valence-electron chi connectivity index (χ3n) is 9.49. The fourth-order valence-electron chi connectivity index (χ4n) is 6.37. The summed E-state index contributed by atoms with van der Waals surface area (Å²) < 4.78 is 17.5. The highest BCUT2D eigenvalue weighted by atomic mass is 16.5. The topological polar surface area (TPSA) is 109 Å². The summed E-state index contributed by atoms with van der Waals surface area (Å²) in [5.41, 5.74) is 4.66. The molecule has 0 atom stereocenters. The van der Waals surface area contributed by atoms with Crippen molar-refractivity contribution in [2.45, 2.75) is 64.7 Å². The van der Waals surface area contributed by atoms with Gasteiger partial charge in [0.25, 0.3) is 11.8 Å². The highest BCUT2D eigenvalue weighted by molar-refractivity contribution is 6.07. The number of ether oxygens (including phenoxy) is 3. The number of nitrogens with one attached hydrogen (secondary N) is 2. The Balaban J connectivity index is 1.13. The van der Waals surface area contributed by atoms with E-state index in [1.54, 1.807) is 43.5 Å². The molecule has 2 N–H and O–H groups in total. The van der Waals surface area contributed by atoms with Gasteiger partial charge in [-0.3, -0.25) is 14.4 Å². The maximum atomic E-state index is 13.5. The van der Waals surface area contributed by atoms with Gasteiger partial charge in [0, 0.05) is 55.0 Å². The molecule has 3 amide bonds.